The first-order valence-corrected chi connectivity index (χ1v) is 5.63. The third kappa shape index (κ3) is 4.60. The van der Waals surface area contributed by atoms with E-state index in [0.29, 0.717) is 13.0 Å². The molecule has 1 rings (SSSR count). The van der Waals surface area contributed by atoms with E-state index >= 15 is 0 Å². The fourth-order valence-corrected chi connectivity index (χ4v) is 1.61. The second kappa shape index (κ2) is 5.35. The van der Waals surface area contributed by atoms with Crippen LogP contribution in [0.25, 0.3) is 0 Å². The Hall–Kier alpha value is -1.30. The van der Waals surface area contributed by atoms with E-state index in [-0.39, 0.29) is 0 Å². The lowest BCUT2D eigenvalue weighted by Gasteiger charge is -2.24. The molecular formula is C11H19NO5. The standard InChI is InChI=1S/C11H19NO5/c1-11(2,3)17-10(15)12-8(9(13)14)7-5-4-6-16-7/h7-8H,4-6H2,1-3H3,(H,12,15)(H,13,14)/t7-,8+/m0/s1. The molecule has 0 aromatic rings. The van der Waals surface area contributed by atoms with E-state index < -0.39 is 29.8 Å². The summed E-state index contributed by atoms with van der Waals surface area (Å²) in [6.07, 6.45) is 0.234. The molecule has 2 atom stereocenters. The monoisotopic (exact) mass is 245 g/mol. The van der Waals surface area contributed by atoms with Crippen LogP contribution in [-0.2, 0) is 14.3 Å². The first kappa shape index (κ1) is 13.8. The van der Waals surface area contributed by atoms with Gasteiger partial charge < -0.3 is 19.9 Å². The van der Waals surface area contributed by atoms with Crippen molar-refractivity contribution in [1.82, 2.24) is 5.32 Å². The molecule has 1 aliphatic rings. The average molecular weight is 245 g/mol. The van der Waals surface area contributed by atoms with Crippen LogP contribution in [0.5, 0.6) is 0 Å². The van der Waals surface area contributed by atoms with Crippen molar-refractivity contribution < 1.29 is 24.2 Å². The maximum absolute atomic E-state index is 11.5. The second-order valence-electron chi connectivity index (χ2n) is 5.01. The number of carboxylic acid groups (broad SMARTS) is 1. The van der Waals surface area contributed by atoms with Gasteiger partial charge in [-0.3, -0.25) is 0 Å². The lowest BCUT2D eigenvalue weighted by molar-refractivity contribution is -0.142. The van der Waals surface area contributed by atoms with Crippen molar-refractivity contribution in [1.29, 1.82) is 0 Å². The van der Waals surface area contributed by atoms with E-state index in [0.717, 1.165) is 6.42 Å². The highest BCUT2D eigenvalue weighted by atomic mass is 16.6. The molecule has 1 aliphatic heterocycles. The molecule has 0 spiro atoms. The van der Waals surface area contributed by atoms with Gasteiger partial charge in [-0.2, -0.15) is 0 Å². The molecule has 0 saturated carbocycles. The van der Waals surface area contributed by atoms with Crippen LogP contribution in [0.15, 0.2) is 0 Å². The minimum Gasteiger partial charge on any atom is -0.480 e. The Labute approximate surface area is 100 Å². The molecule has 0 radical (unpaired) electrons. The summed E-state index contributed by atoms with van der Waals surface area (Å²) < 4.78 is 10.3. The summed E-state index contributed by atoms with van der Waals surface area (Å²) >= 11 is 0. The number of nitrogens with one attached hydrogen (secondary N) is 1. The van der Waals surface area contributed by atoms with Crippen molar-refractivity contribution in [3.8, 4) is 0 Å². The Bertz CT molecular complexity index is 291. The van der Waals surface area contributed by atoms with Gasteiger partial charge in [0.15, 0.2) is 6.04 Å². The van der Waals surface area contributed by atoms with Crippen LogP contribution < -0.4 is 5.32 Å². The number of alkyl carbamates (subject to hydrolysis) is 1. The van der Waals surface area contributed by atoms with Crippen molar-refractivity contribution in [2.45, 2.75) is 51.4 Å². The summed E-state index contributed by atoms with van der Waals surface area (Å²) in [5, 5.41) is 11.4. The number of rotatable bonds is 3. The summed E-state index contributed by atoms with van der Waals surface area (Å²) in [7, 11) is 0. The zero-order chi connectivity index (χ0) is 13.1. The molecule has 0 unspecified atom stereocenters. The molecule has 17 heavy (non-hydrogen) atoms. The van der Waals surface area contributed by atoms with Gasteiger partial charge in [-0.05, 0) is 33.6 Å². The van der Waals surface area contributed by atoms with Gasteiger partial charge in [0.05, 0.1) is 6.10 Å². The molecular weight excluding hydrogens is 226 g/mol. The zero-order valence-electron chi connectivity index (χ0n) is 10.4. The predicted octanol–water partition coefficient (Wildman–Crippen LogP) is 1.14. The second-order valence-corrected chi connectivity index (χ2v) is 5.01. The van der Waals surface area contributed by atoms with Crippen LogP contribution in [-0.4, -0.2) is 41.5 Å². The summed E-state index contributed by atoms with van der Waals surface area (Å²) in [5.74, 6) is -1.11. The van der Waals surface area contributed by atoms with Gasteiger partial charge in [-0.25, -0.2) is 9.59 Å². The van der Waals surface area contributed by atoms with Crippen LogP contribution in [0.1, 0.15) is 33.6 Å². The first-order chi connectivity index (χ1) is 7.79. The van der Waals surface area contributed by atoms with E-state index in [1.165, 1.54) is 0 Å². The van der Waals surface area contributed by atoms with Gasteiger partial charge in [0.2, 0.25) is 0 Å². The Morgan fingerprint density at radius 2 is 2.12 bits per heavy atom. The number of ether oxygens (including phenoxy) is 2. The minimum absolute atomic E-state index is 0.472. The van der Waals surface area contributed by atoms with Gasteiger partial charge in [-0.1, -0.05) is 0 Å². The third-order valence-corrected chi connectivity index (χ3v) is 2.27. The van der Waals surface area contributed by atoms with Gasteiger partial charge in [0.25, 0.3) is 0 Å². The molecule has 0 aliphatic carbocycles. The number of amides is 1. The summed E-state index contributed by atoms with van der Waals surface area (Å²) in [6.45, 7) is 5.68. The summed E-state index contributed by atoms with van der Waals surface area (Å²) in [5.41, 5.74) is -0.649. The summed E-state index contributed by atoms with van der Waals surface area (Å²) in [6, 6.07) is -1.05. The van der Waals surface area contributed by atoms with Crippen LogP contribution >= 0.6 is 0 Å². The summed E-state index contributed by atoms with van der Waals surface area (Å²) in [4.78, 5) is 22.5. The highest BCUT2D eigenvalue weighted by Crippen LogP contribution is 2.16. The van der Waals surface area contributed by atoms with Crippen LogP contribution in [0, 0.1) is 0 Å². The molecule has 1 heterocycles. The maximum atomic E-state index is 11.5. The number of hydrogen-bond donors (Lipinski definition) is 2. The molecule has 1 saturated heterocycles. The van der Waals surface area contributed by atoms with E-state index in [1.54, 1.807) is 20.8 Å². The number of hydrogen-bond acceptors (Lipinski definition) is 4. The van der Waals surface area contributed by atoms with Gasteiger partial charge >= 0.3 is 12.1 Å². The quantitative estimate of drug-likeness (QED) is 0.779. The molecule has 0 bridgehead atoms. The number of carbonyl (C=O) groups excluding carboxylic acids is 1. The van der Waals surface area contributed by atoms with Crippen LogP contribution in [0.3, 0.4) is 0 Å². The Balaban J connectivity index is 2.55. The molecule has 6 nitrogen and oxygen atoms in total. The molecule has 0 aromatic heterocycles. The van der Waals surface area contributed by atoms with Crippen molar-refractivity contribution in [3.63, 3.8) is 0 Å². The van der Waals surface area contributed by atoms with E-state index in [2.05, 4.69) is 5.32 Å². The molecule has 0 aromatic carbocycles. The number of aliphatic carboxylic acids is 1. The third-order valence-electron chi connectivity index (χ3n) is 2.27. The van der Waals surface area contributed by atoms with Crippen molar-refractivity contribution >= 4 is 12.1 Å². The average Bonchev–Trinajstić information content (AvgIpc) is 2.63. The highest BCUT2D eigenvalue weighted by molar-refractivity contribution is 5.80. The van der Waals surface area contributed by atoms with E-state index in [9.17, 15) is 9.59 Å². The minimum atomic E-state index is -1.11. The van der Waals surface area contributed by atoms with Crippen LogP contribution in [0.4, 0.5) is 4.79 Å². The van der Waals surface area contributed by atoms with E-state index in [4.69, 9.17) is 14.6 Å². The van der Waals surface area contributed by atoms with Crippen LogP contribution in [0.2, 0.25) is 0 Å². The first-order valence-electron chi connectivity index (χ1n) is 5.63. The van der Waals surface area contributed by atoms with Gasteiger partial charge in [-0.15, -0.1) is 0 Å². The lowest BCUT2D eigenvalue weighted by atomic mass is 10.1. The number of carbonyl (C=O) groups is 2. The Morgan fingerprint density at radius 3 is 2.53 bits per heavy atom. The van der Waals surface area contributed by atoms with Gasteiger partial charge in [0, 0.05) is 6.61 Å². The molecule has 2 N–H and O–H groups in total. The number of carboxylic acids is 1. The largest absolute Gasteiger partial charge is 0.480 e. The molecule has 1 fully saturated rings. The van der Waals surface area contributed by atoms with E-state index in [1.807, 2.05) is 0 Å². The SMILES string of the molecule is CC(C)(C)OC(=O)N[C@@H](C(=O)O)[C@@H]1CCCO1. The molecule has 6 heteroatoms. The smallest absolute Gasteiger partial charge is 0.408 e. The molecule has 1 amide bonds. The Morgan fingerprint density at radius 1 is 1.47 bits per heavy atom. The van der Waals surface area contributed by atoms with Crippen molar-refractivity contribution in [3.05, 3.63) is 0 Å². The lowest BCUT2D eigenvalue weighted by Crippen LogP contribution is -2.49. The fourth-order valence-electron chi connectivity index (χ4n) is 1.61. The van der Waals surface area contributed by atoms with Gasteiger partial charge in [0.1, 0.15) is 5.60 Å². The Kier molecular flexibility index (Phi) is 4.34. The fraction of sp³-hybridized carbons (Fsp3) is 0.818. The van der Waals surface area contributed by atoms with Crippen molar-refractivity contribution in [2.75, 3.05) is 6.61 Å². The topological polar surface area (TPSA) is 84.9 Å². The molecule has 98 valence electrons. The van der Waals surface area contributed by atoms with Crippen molar-refractivity contribution in [2.24, 2.45) is 0 Å². The maximum Gasteiger partial charge on any atom is 0.408 e. The zero-order valence-corrected chi connectivity index (χ0v) is 10.4. The normalized spacial score (nSPS) is 21.9. The predicted molar refractivity (Wildman–Crippen MR) is 59.8 cm³/mol. The highest BCUT2D eigenvalue weighted by Gasteiger charge is 2.34.